The van der Waals surface area contributed by atoms with Crippen LogP contribution < -0.4 is 5.73 Å². The van der Waals surface area contributed by atoms with Crippen molar-refractivity contribution in [2.45, 2.75) is 19.9 Å². The fourth-order valence-corrected chi connectivity index (χ4v) is 3.94. The van der Waals surface area contributed by atoms with Crippen LogP contribution in [0.3, 0.4) is 0 Å². The third-order valence-corrected chi connectivity index (χ3v) is 5.42. The van der Waals surface area contributed by atoms with Gasteiger partial charge in [0.1, 0.15) is 5.82 Å². The molecule has 0 bridgehead atoms. The van der Waals surface area contributed by atoms with Gasteiger partial charge in [-0.1, -0.05) is 19.1 Å². The average Bonchev–Trinajstić information content (AvgIpc) is 3.08. The van der Waals surface area contributed by atoms with Gasteiger partial charge in [-0.2, -0.15) is 0 Å². The molecule has 2 heterocycles. The molecule has 1 atom stereocenters. The lowest BCUT2D eigenvalue weighted by Crippen LogP contribution is -2.30. The normalized spacial score (nSPS) is 21.8. The van der Waals surface area contributed by atoms with Crippen molar-refractivity contribution in [3.63, 3.8) is 0 Å². The van der Waals surface area contributed by atoms with Crippen LogP contribution in [0, 0.1) is 11.2 Å². The van der Waals surface area contributed by atoms with Crippen LogP contribution in [-0.4, -0.2) is 24.5 Å². The van der Waals surface area contributed by atoms with Gasteiger partial charge in [-0.05, 0) is 54.8 Å². The van der Waals surface area contributed by atoms with Crippen LogP contribution in [0.5, 0.6) is 0 Å². The Morgan fingerprint density at radius 2 is 1.95 bits per heavy atom. The molecule has 5 heteroatoms. The largest absolute Gasteiger partial charge is 0.330 e. The molecule has 0 spiro atoms. The highest BCUT2D eigenvalue weighted by Crippen LogP contribution is 2.33. The monoisotopic (exact) mass is 340 g/mol. The van der Waals surface area contributed by atoms with E-state index >= 15 is 0 Å². The zero-order valence-electron chi connectivity index (χ0n) is 12.7. The van der Waals surface area contributed by atoms with Crippen molar-refractivity contribution in [2.24, 2.45) is 11.1 Å². The number of likely N-dealkylation sites (tertiary alicyclic amines) is 1. The Bertz CT molecular complexity index is 613. The smallest absolute Gasteiger partial charge is 0.123 e. The van der Waals surface area contributed by atoms with Gasteiger partial charge in [0.15, 0.2) is 0 Å². The second-order valence-corrected chi connectivity index (χ2v) is 7.42. The van der Waals surface area contributed by atoms with Crippen LogP contribution in [0.4, 0.5) is 4.39 Å². The summed E-state index contributed by atoms with van der Waals surface area (Å²) in [6.07, 6.45) is 1.18. The zero-order chi connectivity index (χ0) is 14.9. The molecule has 1 aliphatic rings. The predicted molar refractivity (Wildman–Crippen MR) is 94.0 cm³/mol. The first-order valence-corrected chi connectivity index (χ1v) is 8.17. The molecule has 1 aromatic heterocycles. The molecular weight excluding hydrogens is 319 g/mol. The second-order valence-electron chi connectivity index (χ2n) is 6.25. The van der Waals surface area contributed by atoms with Crippen molar-refractivity contribution in [1.29, 1.82) is 0 Å². The number of hydrogen-bond donors (Lipinski definition) is 1. The lowest BCUT2D eigenvalue weighted by atomic mass is 9.90. The topological polar surface area (TPSA) is 29.3 Å². The van der Waals surface area contributed by atoms with Crippen LogP contribution >= 0.6 is 23.7 Å². The Kier molecular flexibility index (Phi) is 5.61. The van der Waals surface area contributed by atoms with E-state index in [0.717, 1.165) is 31.7 Å². The van der Waals surface area contributed by atoms with Crippen molar-refractivity contribution >= 4 is 23.7 Å². The maximum Gasteiger partial charge on any atom is 0.123 e. The molecule has 0 aliphatic carbocycles. The number of rotatable bonds is 4. The van der Waals surface area contributed by atoms with Gasteiger partial charge in [0, 0.05) is 22.8 Å². The Hall–Kier alpha value is -0.940. The van der Waals surface area contributed by atoms with E-state index in [9.17, 15) is 4.39 Å². The van der Waals surface area contributed by atoms with E-state index in [1.807, 2.05) is 12.1 Å². The van der Waals surface area contributed by atoms with Crippen LogP contribution in [0.15, 0.2) is 36.4 Å². The molecule has 3 rings (SSSR count). The summed E-state index contributed by atoms with van der Waals surface area (Å²) in [5.41, 5.74) is 7.22. The molecule has 0 amide bonds. The number of nitrogens with two attached hydrogens (primary N) is 1. The first-order valence-electron chi connectivity index (χ1n) is 7.35. The minimum absolute atomic E-state index is 0. The molecule has 1 saturated heterocycles. The van der Waals surface area contributed by atoms with E-state index in [-0.39, 0.29) is 23.6 Å². The fourth-order valence-electron chi connectivity index (χ4n) is 2.88. The molecule has 0 radical (unpaired) electrons. The van der Waals surface area contributed by atoms with Gasteiger partial charge >= 0.3 is 0 Å². The first-order chi connectivity index (χ1) is 10.1. The summed E-state index contributed by atoms with van der Waals surface area (Å²) in [6, 6.07) is 11.0. The van der Waals surface area contributed by atoms with Gasteiger partial charge in [0.05, 0.1) is 0 Å². The molecule has 2 aromatic rings. The minimum Gasteiger partial charge on any atom is -0.330 e. The summed E-state index contributed by atoms with van der Waals surface area (Å²) in [4.78, 5) is 5.04. The molecule has 2 nitrogen and oxygen atoms in total. The number of nitrogens with zero attached hydrogens (tertiary/aromatic N) is 1. The maximum atomic E-state index is 13.0. The summed E-state index contributed by atoms with van der Waals surface area (Å²) in [7, 11) is 0. The summed E-state index contributed by atoms with van der Waals surface area (Å²) in [5.74, 6) is -0.186. The highest BCUT2D eigenvalue weighted by Gasteiger charge is 2.32. The first kappa shape index (κ1) is 17.4. The van der Waals surface area contributed by atoms with Gasteiger partial charge in [0.2, 0.25) is 0 Å². The Morgan fingerprint density at radius 3 is 2.59 bits per heavy atom. The fraction of sp³-hybridized carbons (Fsp3) is 0.412. The predicted octanol–water partition coefficient (Wildman–Crippen LogP) is 4.15. The van der Waals surface area contributed by atoms with Crippen molar-refractivity contribution < 1.29 is 4.39 Å². The molecule has 120 valence electrons. The third-order valence-electron chi connectivity index (χ3n) is 4.30. The second kappa shape index (κ2) is 7.09. The van der Waals surface area contributed by atoms with Gasteiger partial charge in [-0.3, -0.25) is 4.90 Å². The number of halogens is 2. The van der Waals surface area contributed by atoms with Crippen LogP contribution in [0.1, 0.15) is 18.2 Å². The lowest BCUT2D eigenvalue weighted by Gasteiger charge is -2.22. The van der Waals surface area contributed by atoms with Crippen LogP contribution in [0.2, 0.25) is 0 Å². The summed E-state index contributed by atoms with van der Waals surface area (Å²) < 4.78 is 13.0. The van der Waals surface area contributed by atoms with E-state index in [0.29, 0.717) is 0 Å². The standard InChI is InChI=1S/C17H21FN2S.ClH/c1-17(11-19)8-9-20(12-17)10-15-6-7-16(21-15)13-2-4-14(18)5-3-13;/h2-7H,8-12,19H2,1H3;1H. The SMILES string of the molecule is CC1(CN)CCN(Cc2ccc(-c3ccc(F)cc3)s2)C1.Cl. The van der Waals surface area contributed by atoms with E-state index in [2.05, 4.69) is 24.0 Å². The maximum absolute atomic E-state index is 13.0. The number of benzene rings is 1. The molecule has 1 unspecified atom stereocenters. The Labute approximate surface area is 141 Å². The summed E-state index contributed by atoms with van der Waals surface area (Å²) >= 11 is 1.79. The Balaban J connectivity index is 0.00000176. The summed E-state index contributed by atoms with van der Waals surface area (Å²) in [6.45, 7) is 6.21. The quantitative estimate of drug-likeness (QED) is 0.906. The van der Waals surface area contributed by atoms with Crippen LogP contribution in [0.25, 0.3) is 10.4 Å². The molecule has 1 aromatic carbocycles. The lowest BCUT2D eigenvalue weighted by molar-refractivity contribution is 0.276. The molecular formula is C17H22ClFN2S. The van der Waals surface area contributed by atoms with Gasteiger partial charge in [-0.25, -0.2) is 4.39 Å². The summed E-state index contributed by atoms with van der Waals surface area (Å²) in [5, 5.41) is 0. The molecule has 1 fully saturated rings. The Morgan fingerprint density at radius 1 is 1.23 bits per heavy atom. The molecule has 22 heavy (non-hydrogen) atoms. The highest BCUT2D eigenvalue weighted by atomic mass is 35.5. The van der Waals surface area contributed by atoms with E-state index < -0.39 is 0 Å². The molecule has 2 N–H and O–H groups in total. The van der Waals surface area contributed by atoms with Crippen molar-refractivity contribution in [3.8, 4) is 10.4 Å². The number of hydrogen-bond acceptors (Lipinski definition) is 3. The van der Waals surface area contributed by atoms with E-state index in [1.165, 1.54) is 28.3 Å². The third kappa shape index (κ3) is 3.87. The van der Waals surface area contributed by atoms with Crippen molar-refractivity contribution in [2.75, 3.05) is 19.6 Å². The van der Waals surface area contributed by atoms with E-state index in [1.54, 1.807) is 11.3 Å². The molecule has 0 saturated carbocycles. The van der Waals surface area contributed by atoms with Crippen LogP contribution in [-0.2, 0) is 6.54 Å². The van der Waals surface area contributed by atoms with E-state index in [4.69, 9.17) is 5.73 Å². The van der Waals surface area contributed by atoms with Gasteiger partial charge < -0.3 is 5.73 Å². The molecule has 1 aliphatic heterocycles. The minimum atomic E-state index is -0.186. The van der Waals surface area contributed by atoms with Crippen molar-refractivity contribution in [1.82, 2.24) is 4.90 Å². The van der Waals surface area contributed by atoms with Crippen molar-refractivity contribution in [3.05, 3.63) is 47.1 Å². The van der Waals surface area contributed by atoms with Gasteiger partial charge in [-0.15, -0.1) is 23.7 Å². The van der Waals surface area contributed by atoms with Gasteiger partial charge in [0.25, 0.3) is 0 Å². The zero-order valence-corrected chi connectivity index (χ0v) is 14.4. The number of thiophene rings is 1. The highest BCUT2D eigenvalue weighted by molar-refractivity contribution is 7.15. The average molecular weight is 341 g/mol.